The monoisotopic (exact) mass is 276 g/mol. The molecule has 5 heteroatoms. The summed E-state index contributed by atoms with van der Waals surface area (Å²) in [6, 6.07) is 10.7. The average Bonchev–Trinajstić information content (AvgIpc) is 2.81. The van der Waals surface area contributed by atoms with E-state index < -0.39 is 0 Å². The summed E-state index contributed by atoms with van der Waals surface area (Å²) in [7, 11) is 1.93. The number of hydrogen-bond donors (Lipinski definition) is 2. The summed E-state index contributed by atoms with van der Waals surface area (Å²) in [4.78, 5) is 1.31. The molecule has 0 spiro atoms. The predicted octanol–water partition coefficient (Wildman–Crippen LogP) is 1.90. The van der Waals surface area contributed by atoms with Crippen LogP contribution in [0.4, 0.5) is 0 Å². The van der Waals surface area contributed by atoms with E-state index in [9.17, 15) is 0 Å². The van der Waals surface area contributed by atoms with Crippen LogP contribution < -0.4 is 11.3 Å². The molecule has 102 valence electrons. The zero-order valence-corrected chi connectivity index (χ0v) is 12.2. The van der Waals surface area contributed by atoms with Crippen molar-refractivity contribution in [1.82, 2.24) is 15.2 Å². The predicted molar refractivity (Wildman–Crippen MR) is 79.9 cm³/mol. The molecule has 0 bridgehead atoms. The lowest BCUT2D eigenvalue weighted by Crippen LogP contribution is -2.38. The van der Waals surface area contributed by atoms with Crippen LogP contribution in [0.15, 0.2) is 41.4 Å². The van der Waals surface area contributed by atoms with E-state index in [0.717, 1.165) is 17.9 Å². The lowest BCUT2D eigenvalue weighted by atomic mass is 10.2. The van der Waals surface area contributed by atoms with Crippen LogP contribution in [0.25, 0.3) is 0 Å². The van der Waals surface area contributed by atoms with E-state index in [1.54, 1.807) is 0 Å². The molecule has 0 aliphatic carbocycles. The molecule has 1 aromatic carbocycles. The Balaban J connectivity index is 1.91. The molecule has 0 aliphatic heterocycles. The Labute approximate surface area is 118 Å². The molecule has 2 aromatic rings. The van der Waals surface area contributed by atoms with Crippen LogP contribution in [0, 0.1) is 6.92 Å². The number of rotatable bonds is 6. The highest BCUT2D eigenvalue weighted by molar-refractivity contribution is 7.99. The molecule has 1 atom stereocenters. The minimum Gasteiger partial charge on any atom is -0.276 e. The first kappa shape index (κ1) is 14.1. The third-order valence-electron chi connectivity index (χ3n) is 2.99. The maximum absolute atomic E-state index is 5.63. The normalized spacial score (nSPS) is 12.6. The number of benzene rings is 1. The summed E-state index contributed by atoms with van der Waals surface area (Å²) in [6.45, 7) is 2.13. The molecule has 19 heavy (non-hydrogen) atoms. The molecule has 0 saturated carbocycles. The molecule has 1 heterocycles. The number of nitrogens with two attached hydrogens (primary N) is 1. The van der Waals surface area contributed by atoms with Gasteiger partial charge in [-0.3, -0.25) is 16.0 Å². The summed E-state index contributed by atoms with van der Waals surface area (Å²) < 4.78 is 1.82. The van der Waals surface area contributed by atoms with Crippen molar-refractivity contribution in [2.75, 3.05) is 5.75 Å². The van der Waals surface area contributed by atoms with Gasteiger partial charge in [0.15, 0.2) is 0 Å². The van der Waals surface area contributed by atoms with E-state index in [4.69, 9.17) is 5.84 Å². The third kappa shape index (κ3) is 4.09. The highest BCUT2D eigenvalue weighted by Gasteiger charge is 2.11. The Kier molecular flexibility index (Phi) is 5.01. The molecule has 0 fully saturated rings. The number of aromatic nitrogens is 2. The lowest BCUT2D eigenvalue weighted by Gasteiger charge is -2.14. The van der Waals surface area contributed by atoms with Gasteiger partial charge in [-0.2, -0.15) is 5.10 Å². The highest BCUT2D eigenvalue weighted by atomic mass is 32.2. The van der Waals surface area contributed by atoms with Crippen LogP contribution in [0.1, 0.15) is 11.3 Å². The van der Waals surface area contributed by atoms with Gasteiger partial charge in [-0.25, -0.2) is 0 Å². The second kappa shape index (κ2) is 6.75. The number of nitrogens with one attached hydrogen (secondary N) is 1. The standard InChI is InChI=1S/C14H20N4S/c1-11-5-3-4-6-14(11)19-10-13(16-15)9-12-7-8-18(2)17-12/h3-8,13,16H,9-10,15H2,1-2H3. The minimum atomic E-state index is 0.222. The van der Waals surface area contributed by atoms with Crippen molar-refractivity contribution in [3.05, 3.63) is 47.8 Å². The topological polar surface area (TPSA) is 55.9 Å². The van der Waals surface area contributed by atoms with Crippen molar-refractivity contribution in [2.24, 2.45) is 12.9 Å². The Morgan fingerprint density at radius 1 is 1.37 bits per heavy atom. The van der Waals surface area contributed by atoms with Crippen LogP contribution in [0.5, 0.6) is 0 Å². The maximum atomic E-state index is 5.63. The van der Waals surface area contributed by atoms with Crippen molar-refractivity contribution in [3.8, 4) is 0 Å². The number of hydrogen-bond acceptors (Lipinski definition) is 4. The van der Waals surface area contributed by atoms with Crippen LogP contribution >= 0.6 is 11.8 Å². The molecular formula is C14H20N4S. The average molecular weight is 276 g/mol. The van der Waals surface area contributed by atoms with Gasteiger partial charge in [0.05, 0.1) is 5.69 Å². The Morgan fingerprint density at radius 2 is 2.16 bits per heavy atom. The van der Waals surface area contributed by atoms with E-state index in [0.29, 0.717) is 0 Å². The van der Waals surface area contributed by atoms with Crippen molar-refractivity contribution in [2.45, 2.75) is 24.3 Å². The number of thioether (sulfide) groups is 1. The Morgan fingerprint density at radius 3 is 2.79 bits per heavy atom. The molecule has 1 unspecified atom stereocenters. The quantitative estimate of drug-likeness (QED) is 0.481. The minimum absolute atomic E-state index is 0.222. The molecule has 0 amide bonds. The van der Waals surface area contributed by atoms with E-state index in [1.165, 1.54) is 10.5 Å². The lowest BCUT2D eigenvalue weighted by molar-refractivity contribution is 0.564. The van der Waals surface area contributed by atoms with Gasteiger partial charge in [-0.05, 0) is 24.6 Å². The summed E-state index contributed by atoms with van der Waals surface area (Å²) in [5.41, 5.74) is 5.25. The number of hydrazine groups is 1. The van der Waals surface area contributed by atoms with E-state index in [-0.39, 0.29) is 6.04 Å². The first-order chi connectivity index (χ1) is 9.19. The van der Waals surface area contributed by atoms with Gasteiger partial charge in [-0.15, -0.1) is 11.8 Å². The van der Waals surface area contributed by atoms with Gasteiger partial charge in [0, 0.05) is 36.4 Å². The summed E-state index contributed by atoms with van der Waals surface area (Å²) in [5.74, 6) is 6.56. The molecule has 0 aliphatic rings. The van der Waals surface area contributed by atoms with Crippen molar-refractivity contribution in [1.29, 1.82) is 0 Å². The Hall–Kier alpha value is -1.30. The largest absolute Gasteiger partial charge is 0.276 e. The Bertz CT molecular complexity index is 524. The fraction of sp³-hybridized carbons (Fsp3) is 0.357. The smallest absolute Gasteiger partial charge is 0.0640 e. The molecule has 4 nitrogen and oxygen atoms in total. The SMILES string of the molecule is Cc1ccccc1SCC(Cc1ccn(C)n1)NN. The van der Waals surface area contributed by atoms with Gasteiger partial charge in [0.2, 0.25) is 0 Å². The second-order valence-electron chi connectivity index (χ2n) is 4.62. The fourth-order valence-electron chi connectivity index (χ4n) is 1.90. The van der Waals surface area contributed by atoms with Crippen LogP contribution in [-0.4, -0.2) is 21.6 Å². The maximum Gasteiger partial charge on any atom is 0.0640 e. The van der Waals surface area contributed by atoms with Crippen LogP contribution in [0.2, 0.25) is 0 Å². The third-order valence-corrected chi connectivity index (χ3v) is 4.33. The summed E-state index contributed by atoms with van der Waals surface area (Å²) in [6.07, 6.45) is 2.80. The zero-order valence-electron chi connectivity index (χ0n) is 11.3. The number of aryl methyl sites for hydroxylation is 2. The van der Waals surface area contributed by atoms with Gasteiger partial charge in [-0.1, -0.05) is 18.2 Å². The van der Waals surface area contributed by atoms with E-state index >= 15 is 0 Å². The van der Waals surface area contributed by atoms with E-state index in [1.807, 2.05) is 35.8 Å². The van der Waals surface area contributed by atoms with Crippen molar-refractivity contribution >= 4 is 11.8 Å². The summed E-state index contributed by atoms with van der Waals surface area (Å²) in [5, 5.41) is 4.38. The van der Waals surface area contributed by atoms with Gasteiger partial charge >= 0.3 is 0 Å². The first-order valence-corrected chi connectivity index (χ1v) is 7.30. The molecule has 0 radical (unpaired) electrons. The van der Waals surface area contributed by atoms with Gasteiger partial charge in [0.1, 0.15) is 0 Å². The van der Waals surface area contributed by atoms with Crippen molar-refractivity contribution < 1.29 is 0 Å². The highest BCUT2D eigenvalue weighted by Crippen LogP contribution is 2.22. The zero-order chi connectivity index (χ0) is 13.7. The van der Waals surface area contributed by atoms with Crippen LogP contribution in [-0.2, 0) is 13.5 Å². The fourth-order valence-corrected chi connectivity index (χ4v) is 2.96. The molecule has 2 rings (SSSR count). The van der Waals surface area contributed by atoms with Gasteiger partial charge in [0.25, 0.3) is 0 Å². The second-order valence-corrected chi connectivity index (χ2v) is 5.69. The van der Waals surface area contributed by atoms with E-state index in [2.05, 4.69) is 41.7 Å². The summed E-state index contributed by atoms with van der Waals surface area (Å²) >= 11 is 1.83. The molecular weight excluding hydrogens is 256 g/mol. The first-order valence-electron chi connectivity index (χ1n) is 6.32. The van der Waals surface area contributed by atoms with Crippen molar-refractivity contribution in [3.63, 3.8) is 0 Å². The van der Waals surface area contributed by atoms with Crippen LogP contribution in [0.3, 0.4) is 0 Å². The van der Waals surface area contributed by atoms with Gasteiger partial charge < -0.3 is 0 Å². The number of nitrogens with zero attached hydrogens (tertiary/aromatic N) is 2. The molecule has 1 aromatic heterocycles. The molecule has 0 saturated heterocycles. The molecule has 3 N–H and O–H groups in total.